The standard InChI is InChI=1S/C24H22N2O2S/c1-3-18-6-4-5-7-21(18)19-11-14-22-23(16-19)26-24(25-22)15-10-17-8-12-20(13-9-17)29(2,27)28/h4-16H,3H2,1-2H3,(H,25,26)/b15-10+. The van der Waals surface area contributed by atoms with E-state index in [4.69, 9.17) is 0 Å². The van der Waals surface area contributed by atoms with Crippen LogP contribution in [0, 0.1) is 0 Å². The van der Waals surface area contributed by atoms with Crippen molar-refractivity contribution in [3.63, 3.8) is 0 Å². The fraction of sp³-hybridized carbons (Fsp3) is 0.125. The van der Waals surface area contributed by atoms with Crippen LogP contribution < -0.4 is 0 Å². The van der Waals surface area contributed by atoms with Crippen molar-refractivity contribution in [1.29, 1.82) is 0 Å². The Morgan fingerprint density at radius 3 is 2.45 bits per heavy atom. The van der Waals surface area contributed by atoms with E-state index in [2.05, 4.69) is 53.3 Å². The summed E-state index contributed by atoms with van der Waals surface area (Å²) in [6.07, 6.45) is 6.01. The minimum absolute atomic E-state index is 0.318. The predicted molar refractivity (Wildman–Crippen MR) is 119 cm³/mol. The largest absolute Gasteiger partial charge is 0.338 e. The Hall–Kier alpha value is -3.18. The molecule has 1 N–H and O–H groups in total. The first kappa shape index (κ1) is 19.2. The van der Waals surface area contributed by atoms with Crippen molar-refractivity contribution in [1.82, 2.24) is 9.97 Å². The summed E-state index contributed by atoms with van der Waals surface area (Å²) >= 11 is 0. The van der Waals surface area contributed by atoms with E-state index in [-0.39, 0.29) is 0 Å². The van der Waals surface area contributed by atoms with Crippen molar-refractivity contribution >= 4 is 33.0 Å². The molecular formula is C24H22N2O2S. The zero-order valence-electron chi connectivity index (χ0n) is 16.4. The second kappa shape index (κ2) is 7.68. The number of hydrogen-bond donors (Lipinski definition) is 1. The van der Waals surface area contributed by atoms with Crippen molar-refractivity contribution in [2.45, 2.75) is 18.2 Å². The highest BCUT2D eigenvalue weighted by molar-refractivity contribution is 7.90. The third-order valence-corrected chi connectivity index (χ3v) is 6.08. The second-order valence-corrected chi connectivity index (χ2v) is 9.05. The molecule has 146 valence electrons. The van der Waals surface area contributed by atoms with E-state index in [1.807, 2.05) is 18.2 Å². The summed E-state index contributed by atoms with van der Waals surface area (Å²) in [4.78, 5) is 8.30. The van der Waals surface area contributed by atoms with E-state index < -0.39 is 9.84 Å². The molecule has 4 rings (SSSR count). The van der Waals surface area contributed by atoms with Crippen molar-refractivity contribution in [2.24, 2.45) is 0 Å². The summed E-state index contributed by atoms with van der Waals surface area (Å²) < 4.78 is 23.1. The van der Waals surface area contributed by atoms with Crippen molar-refractivity contribution in [3.05, 3.63) is 83.7 Å². The molecule has 0 saturated carbocycles. The van der Waals surface area contributed by atoms with Crippen molar-refractivity contribution < 1.29 is 8.42 Å². The smallest absolute Gasteiger partial charge is 0.175 e. The van der Waals surface area contributed by atoms with E-state index in [9.17, 15) is 8.42 Å². The van der Waals surface area contributed by atoms with Gasteiger partial charge in [0.25, 0.3) is 0 Å². The normalized spacial score (nSPS) is 12.1. The zero-order chi connectivity index (χ0) is 20.4. The number of rotatable bonds is 5. The van der Waals surface area contributed by atoms with Gasteiger partial charge in [0.05, 0.1) is 15.9 Å². The monoisotopic (exact) mass is 402 g/mol. The maximum Gasteiger partial charge on any atom is 0.175 e. The van der Waals surface area contributed by atoms with Crippen LogP contribution in [0.2, 0.25) is 0 Å². The van der Waals surface area contributed by atoms with Gasteiger partial charge in [0.2, 0.25) is 0 Å². The van der Waals surface area contributed by atoms with Gasteiger partial charge in [0, 0.05) is 6.26 Å². The lowest BCUT2D eigenvalue weighted by atomic mass is 9.98. The van der Waals surface area contributed by atoms with Gasteiger partial charge < -0.3 is 4.98 Å². The van der Waals surface area contributed by atoms with Gasteiger partial charge in [-0.15, -0.1) is 0 Å². The highest BCUT2D eigenvalue weighted by Gasteiger charge is 2.07. The number of fused-ring (bicyclic) bond motifs is 1. The number of nitrogens with one attached hydrogen (secondary N) is 1. The maximum absolute atomic E-state index is 11.6. The SMILES string of the molecule is CCc1ccccc1-c1ccc2nc(/C=C/c3ccc(S(C)(=O)=O)cc3)[nH]c2c1. The van der Waals surface area contributed by atoms with Crippen LogP contribution in [-0.2, 0) is 16.3 Å². The van der Waals surface area contributed by atoms with Gasteiger partial charge in [-0.3, -0.25) is 0 Å². The van der Waals surface area contributed by atoms with Gasteiger partial charge in [-0.2, -0.15) is 0 Å². The van der Waals surface area contributed by atoms with Gasteiger partial charge in [0.15, 0.2) is 9.84 Å². The molecule has 0 fully saturated rings. The van der Waals surface area contributed by atoms with Crippen LogP contribution in [0.1, 0.15) is 23.9 Å². The van der Waals surface area contributed by atoms with E-state index in [0.29, 0.717) is 4.90 Å². The molecule has 0 saturated heterocycles. The Kier molecular flexibility index (Phi) is 5.07. The summed E-state index contributed by atoms with van der Waals surface area (Å²) in [5.41, 5.74) is 6.55. The number of aromatic amines is 1. The van der Waals surface area contributed by atoms with Gasteiger partial charge >= 0.3 is 0 Å². The summed E-state index contributed by atoms with van der Waals surface area (Å²) in [6.45, 7) is 2.17. The fourth-order valence-corrected chi connectivity index (χ4v) is 4.02. The number of benzene rings is 3. The summed E-state index contributed by atoms with van der Waals surface area (Å²) in [5, 5.41) is 0. The molecule has 0 amide bonds. The molecule has 0 spiro atoms. The second-order valence-electron chi connectivity index (χ2n) is 7.04. The van der Waals surface area contributed by atoms with Gasteiger partial charge in [-0.25, -0.2) is 13.4 Å². The Labute approximate surface area is 170 Å². The van der Waals surface area contributed by atoms with Crippen LogP contribution in [-0.4, -0.2) is 24.6 Å². The van der Waals surface area contributed by atoms with E-state index in [0.717, 1.165) is 28.8 Å². The lowest BCUT2D eigenvalue weighted by Gasteiger charge is -2.07. The topological polar surface area (TPSA) is 62.8 Å². The first-order valence-electron chi connectivity index (χ1n) is 9.50. The molecule has 3 aromatic carbocycles. The number of sulfone groups is 1. The molecule has 0 bridgehead atoms. The number of hydrogen-bond acceptors (Lipinski definition) is 3. The number of aryl methyl sites for hydroxylation is 1. The van der Waals surface area contributed by atoms with E-state index >= 15 is 0 Å². The molecule has 0 aliphatic heterocycles. The molecule has 0 aliphatic rings. The molecule has 4 aromatic rings. The zero-order valence-corrected chi connectivity index (χ0v) is 17.2. The van der Waals surface area contributed by atoms with E-state index in [1.165, 1.54) is 22.9 Å². The molecule has 1 aromatic heterocycles. The highest BCUT2D eigenvalue weighted by atomic mass is 32.2. The summed E-state index contributed by atoms with van der Waals surface area (Å²) in [5.74, 6) is 0.758. The van der Waals surface area contributed by atoms with Crippen LogP contribution in [0.25, 0.3) is 34.3 Å². The molecule has 0 aliphatic carbocycles. The van der Waals surface area contributed by atoms with Crippen LogP contribution in [0.5, 0.6) is 0 Å². The Morgan fingerprint density at radius 1 is 0.966 bits per heavy atom. The maximum atomic E-state index is 11.6. The van der Waals surface area contributed by atoms with Gasteiger partial charge in [-0.1, -0.05) is 55.5 Å². The lowest BCUT2D eigenvalue weighted by molar-refractivity contribution is 0.602. The van der Waals surface area contributed by atoms with Crippen LogP contribution in [0.4, 0.5) is 0 Å². The number of nitrogens with zero attached hydrogens (tertiary/aromatic N) is 1. The van der Waals surface area contributed by atoms with E-state index in [1.54, 1.807) is 24.3 Å². The molecule has 0 radical (unpaired) electrons. The third-order valence-electron chi connectivity index (χ3n) is 4.95. The van der Waals surface area contributed by atoms with Crippen molar-refractivity contribution in [3.8, 4) is 11.1 Å². The fourth-order valence-electron chi connectivity index (χ4n) is 3.39. The highest BCUT2D eigenvalue weighted by Crippen LogP contribution is 2.27. The van der Waals surface area contributed by atoms with Gasteiger partial charge in [-0.05, 0) is 59.0 Å². The molecule has 29 heavy (non-hydrogen) atoms. The summed E-state index contributed by atoms with van der Waals surface area (Å²) in [7, 11) is -3.18. The van der Waals surface area contributed by atoms with Crippen molar-refractivity contribution in [2.75, 3.05) is 6.26 Å². The molecular weight excluding hydrogens is 380 g/mol. The number of imidazole rings is 1. The summed E-state index contributed by atoms with van der Waals surface area (Å²) in [6, 6.07) is 21.5. The quantitative estimate of drug-likeness (QED) is 0.488. The first-order valence-corrected chi connectivity index (χ1v) is 11.4. The van der Waals surface area contributed by atoms with Crippen LogP contribution >= 0.6 is 0 Å². The molecule has 4 nitrogen and oxygen atoms in total. The molecule has 1 heterocycles. The Balaban J connectivity index is 1.62. The molecule has 0 atom stereocenters. The third kappa shape index (κ3) is 4.15. The minimum Gasteiger partial charge on any atom is -0.338 e. The first-order chi connectivity index (χ1) is 13.9. The Morgan fingerprint density at radius 2 is 1.72 bits per heavy atom. The minimum atomic E-state index is -3.18. The number of H-pyrrole nitrogens is 1. The molecule has 0 unspecified atom stereocenters. The van der Waals surface area contributed by atoms with Crippen LogP contribution in [0.3, 0.4) is 0 Å². The Bertz CT molecular complexity index is 1300. The molecule has 5 heteroatoms. The predicted octanol–water partition coefficient (Wildman–Crippen LogP) is 5.37. The number of aromatic nitrogens is 2. The average Bonchev–Trinajstić information content (AvgIpc) is 3.14. The average molecular weight is 403 g/mol. The van der Waals surface area contributed by atoms with Crippen LogP contribution in [0.15, 0.2) is 71.6 Å². The lowest BCUT2D eigenvalue weighted by Crippen LogP contribution is -1.95. The van der Waals surface area contributed by atoms with Gasteiger partial charge in [0.1, 0.15) is 5.82 Å².